The van der Waals surface area contributed by atoms with Crippen LogP contribution >= 0.6 is 0 Å². The minimum absolute atomic E-state index is 0.285. The summed E-state index contributed by atoms with van der Waals surface area (Å²) in [5, 5.41) is 0. The van der Waals surface area contributed by atoms with Crippen molar-refractivity contribution in [3.8, 4) is 11.1 Å². The minimum Gasteiger partial charge on any atom is -0.465 e. The van der Waals surface area contributed by atoms with Gasteiger partial charge < -0.3 is 9.47 Å². The molecular formula is C20H18O4. The fourth-order valence-corrected chi connectivity index (χ4v) is 3.98. The predicted molar refractivity (Wildman–Crippen MR) is 89.4 cm³/mol. The van der Waals surface area contributed by atoms with Gasteiger partial charge in [0.15, 0.2) is 0 Å². The molecule has 0 atom stereocenters. The fraction of sp³-hybridized carbons (Fsp3) is 0.300. The van der Waals surface area contributed by atoms with Gasteiger partial charge in [-0.2, -0.15) is 0 Å². The van der Waals surface area contributed by atoms with E-state index in [9.17, 15) is 9.59 Å². The van der Waals surface area contributed by atoms with E-state index in [1.54, 1.807) is 0 Å². The molecule has 2 aliphatic carbocycles. The molecule has 2 aromatic carbocycles. The molecule has 4 rings (SSSR count). The summed E-state index contributed by atoms with van der Waals surface area (Å²) < 4.78 is 9.75. The lowest BCUT2D eigenvalue weighted by atomic mass is 9.74. The maximum Gasteiger partial charge on any atom is 0.337 e. The number of hydrogen-bond acceptors (Lipinski definition) is 4. The molecule has 0 N–H and O–H groups in total. The highest BCUT2D eigenvalue weighted by atomic mass is 16.5. The topological polar surface area (TPSA) is 52.6 Å². The van der Waals surface area contributed by atoms with Gasteiger partial charge in [0.1, 0.15) is 0 Å². The Hall–Kier alpha value is -2.62. The van der Waals surface area contributed by atoms with Crippen LogP contribution in [0.2, 0.25) is 0 Å². The lowest BCUT2D eigenvalue weighted by Crippen LogP contribution is -2.17. The van der Waals surface area contributed by atoms with Gasteiger partial charge in [-0.25, -0.2) is 9.59 Å². The molecule has 0 radical (unpaired) electrons. The lowest BCUT2D eigenvalue weighted by molar-refractivity contribution is 0.0591. The van der Waals surface area contributed by atoms with E-state index < -0.39 is 0 Å². The zero-order valence-electron chi connectivity index (χ0n) is 13.8. The van der Waals surface area contributed by atoms with E-state index in [-0.39, 0.29) is 11.9 Å². The van der Waals surface area contributed by atoms with Crippen LogP contribution in [0.15, 0.2) is 24.3 Å². The van der Waals surface area contributed by atoms with Gasteiger partial charge >= 0.3 is 11.9 Å². The first kappa shape index (κ1) is 14.9. The zero-order chi connectivity index (χ0) is 16.8. The van der Waals surface area contributed by atoms with Gasteiger partial charge in [0.25, 0.3) is 0 Å². The number of ether oxygens (including phenoxy) is 2. The Morgan fingerprint density at radius 2 is 0.958 bits per heavy atom. The Labute approximate surface area is 140 Å². The van der Waals surface area contributed by atoms with Gasteiger partial charge in [0.05, 0.1) is 25.3 Å². The van der Waals surface area contributed by atoms with Crippen LogP contribution in [0.3, 0.4) is 0 Å². The second-order valence-electron chi connectivity index (χ2n) is 6.32. The first-order chi connectivity index (χ1) is 11.6. The normalized spacial score (nSPS) is 13.9. The maximum absolute atomic E-state index is 11.9. The molecule has 122 valence electrons. The van der Waals surface area contributed by atoms with Gasteiger partial charge in [-0.1, -0.05) is 0 Å². The van der Waals surface area contributed by atoms with Crippen molar-refractivity contribution in [2.24, 2.45) is 0 Å². The third kappa shape index (κ3) is 2.13. The number of carbonyl (C=O) groups excluding carboxylic acids is 2. The molecule has 0 aliphatic heterocycles. The van der Waals surface area contributed by atoms with Crippen molar-refractivity contribution in [1.29, 1.82) is 0 Å². The number of rotatable bonds is 2. The Bertz CT molecular complexity index is 756. The SMILES string of the molecule is COC(=O)c1cc2c3c(c1)CCc1cc(C(=O)OC)cc(c1-3)CC2. The van der Waals surface area contributed by atoms with Crippen molar-refractivity contribution in [2.75, 3.05) is 14.2 Å². The summed E-state index contributed by atoms with van der Waals surface area (Å²) in [5.41, 5.74) is 8.57. The highest BCUT2D eigenvalue weighted by Gasteiger charge is 2.28. The molecule has 0 heterocycles. The van der Waals surface area contributed by atoms with E-state index in [2.05, 4.69) is 0 Å². The van der Waals surface area contributed by atoms with Crippen molar-refractivity contribution in [2.45, 2.75) is 25.7 Å². The highest BCUT2D eigenvalue weighted by Crippen LogP contribution is 2.43. The van der Waals surface area contributed by atoms with Crippen LogP contribution in [0.1, 0.15) is 43.0 Å². The van der Waals surface area contributed by atoms with Crippen LogP contribution in [0.4, 0.5) is 0 Å². The van der Waals surface area contributed by atoms with Crippen molar-refractivity contribution >= 4 is 11.9 Å². The number of methoxy groups -OCH3 is 2. The van der Waals surface area contributed by atoms with Crippen molar-refractivity contribution in [1.82, 2.24) is 0 Å². The molecule has 0 fully saturated rings. The van der Waals surface area contributed by atoms with E-state index in [4.69, 9.17) is 9.47 Å². The van der Waals surface area contributed by atoms with Gasteiger partial charge in [0.2, 0.25) is 0 Å². The number of aryl methyl sites for hydroxylation is 4. The van der Waals surface area contributed by atoms with Crippen molar-refractivity contribution in [3.05, 3.63) is 57.6 Å². The second-order valence-corrected chi connectivity index (χ2v) is 6.32. The van der Waals surface area contributed by atoms with Crippen molar-refractivity contribution in [3.63, 3.8) is 0 Å². The summed E-state index contributed by atoms with van der Waals surface area (Å²) >= 11 is 0. The van der Waals surface area contributed by atoms with Crippen LogP contribution in [0.5, 0.6) is 0 Å². The molecule has 24 heavy (non-hydrogen) atoms. The molecule has 0 saturated heterocycles. The average Bonchev–Trinajstić information content (AvgIpc) is 2.63. The number of esters is 2. The third-order valence-electron chi connectivity index (χ3n) is 5.02. The number of benzene rings is 2. The van der Waals surface area contributed by atoms with E-state index in [1.165, 1.54) is 47.6 Å². The molecule has 0 amide bonds. The number of carbonyl (C=O) groups is 2. The largest absolute Gasteiger partial charge is 0.465 e. The van der Waals surface area contributed by atoms with E-state index in [0.717, 1.165) is 25.7 Å². The lowest BCUT2D eigenvalue weighted by Gasteiger charge is -2.30. The summed E-state index contributed by atoms with van der Waals surface area (Å²) in [4.78, 5) is 23.8. The monoisotopic (exact) mass is 322 g/mol. The van der Waals surface area contributed by atoms with E-state index in [0.29, 0.717) is 11.1 Å². The Morgan fingerprint density at radius 1 is 0.667 bits per heavy atom. The average molecular weight is 322 g/mol. The maximum atomic E-state index is 11.9. The van der Waals surface area contributed by atoms with Crippen molar-refractivity contribution < 1.29 is 19.1 Å². The minimum atomic E-state index is -0.285. The van der Waals surface area contributed by atoms with Gasteiger partial charge in [-0.05, 0) is 83.3 Å². The molecular weight excluding hydrogens is 304 g/mol. The van der Waals surface area contributed by atoms with Crippen LogP contribution in [0, 0.1) is 0 Å². The molecule has 0 bridgehead atoms. The highest BCUT2D eigenvalue weighted by molar-refractivity contribution is 5.95. The molecule has 0 spiro atoms. The fourth-order valence-electron chi connectivity index (χ4n) is 3.98. The number of hydrogen-bond donors (Lipinski definition) is 0. The van der Waals surface area contributed by atoms with E-state index >= 15 is 0 Å². The first-order valence-electron chi connectivity index (χ1n) is 8.11. The summed E-state index contributed by atoms with van der Waals surface area (Å²) in [5.74, 6) is -0.571. The summed E-state index contributed by atoms with van der Waals surface area (Å²) in [6, 6.07) is 7.82. The Morgan fingerprint density at radius 3 is 1.21 bits per heavy atom. The summed E-state index contributed by atoms with van der Waals surface area (Å²) in [6.45, 7) is 0. The van der Waals surface area contributed by atoms with Crippen LogP contribution in [-0.2, 0) is 35.2 Å². The molecule has 2 aromatic rings. The first-order valence-corrected chi connectivity index (χ1v) is 8.11. The summed E-state index contributed by atoms with van der Waals surface area (Å²) in [7, 11) is 2.82. The molecule has 0 unspecified atom stereocenters. The van der Waals surface area contributed by atoms with Crippen LogP contribution in [0.25, 0.3) is 11.1 Å². The standard InChI is InChI=1S/C20H18O4/c1-23-19(21)15-7-11-3-5-13-9-16(20(22)24-2)10-14-6-4-12(8-15)17(11)18(13)14/h7-10H,3-6H2,1-2H3. The molecule has 0 saturated carbocycles. The van der Waals surface area contributed by atoms with Crippen LogP contribution in [-0.4, -0.2) is 26.2 Å². The Balaban J connectivity index is 1.91. The zero-order valence-corrected chi connectivity index (χ0v) is 13.8. The smallest absolute Gasteiger partial charge is 0.337 e. The van der Waals surface area contributed by atoms with E-state index in [1.807, 2.05) is 24.3 Å². The van der Waals surface area contributed by atoms with Gasteiger partial charge in [0, 0.05) is 0 Å². The molecule has 0 aromatic heterocycles. The molecule has 4 nitrogen and oxygen atoms in total. The molecule has 4 heteroatoms. The van der Waals surface area contributed by atoms with Gasteiger partial charge in [-0.15, -0.1) is 0 Å². The van der Waals surface area contributed by atoms with Gasteiger partial charge in [-0.3, -0.25) is 0 Å². The van der Waals surface area contributed by atoms with Crippen LogP contribution < -0.4 is 0 Å². The quantitative estimate of drug-likeness (QED) is 0.797. The predicted octanol–water partition coefficient (Wildman–Crippen LogP) is 3.12. The Kier molecular flexibility index (Phi) is 3.41. The second kappa shape index (κ2) is 5.48. The molecule has 2 aliphatic rings. The summed E-state index contributed by atoms with van der Waals surface area (Å²) in [6.07, 6.45) is 3.46. The third-order valence-corrected chi connectivity index (χ3v) is 5.02.